The Bertz CT molecular complexity index is 988. The van der Waals surface area contributed by atoms with E-state index in [9.17, 15) is 4.79 Å². The van der Waals surface area contributed by atoms with Gasteiger partial charge in [-0.05, 0) is 12.1 Å². The topological polar surface area (TPSA) is 92.9 Å². The van der Waals surface area contributed by atoms with Crippen LogP contribution in [-0.2, 0) is 11.3 Å². The first kappa shape index (κ1) is 19.5. The molecule has 0 unspecified atom stereocenters. The maximum Gasteiger partial charge on any atom is 0.342 e. The van der Waals surface area contributed by atoms with Crippen LogP contribution in [0.3, 0.4) is 0 Å². The maximum absolute atomic E-state index is 12.5. The van der Waals surface area contributed by atoms with E-state index in [1.165, 1.54) is 27.4 Å². The molecule has 1 heterocycles. The van der Waals surface area contributed by atoms with Crippen molar-refractivity contribution < 1.29 is 28.3 Å². The van der Waals surface area contributed by atoms with Crippen molar-refractivity contribution in [1.29, 1.82) is 0 Å². The van der Waals surface area contributed by atoms with Gasteiger partial charge in [0.25, 0.3) is 5.89 Å². The minimum absolute atomic E-state index is 0.176. The highest BCUT2D eigenvalue weighted by atomic mass is 35.5. The molecule has 0 aliphatic rings. The number of hydrogen-bond acceptors (Lipinski definition) is 8. The van der Waals surface area contributed by atoms with Crippen LogP contribution in [0.5, 0.6) is 17.2 Å². The molecule has 0 aliphatic heterocycles. The molecule has 0 aliphatic carbocycles. The first-order chi connectivity index (χ1) is 13.6. The van der Waals surface area contributed by atoms with E-state index < -0.39 is 5.97 Å². The normalized spacial score (nSPS) is 10.4. The fraction of sp³-hybridized carbons (Fsp3) is 0.211. The third kappa shape index (κ3) is 4.01. The Balaban J connectivity index is 1.75. The zero-order chi connectivity index (χ0) is 20.1. The molecule has 2 aromatic carbocycles. The van der Waals surface area contributed by atoms with Gasteiger partial charge < -0.3 is 23.5 Å². The van der Waals surface area contributed by atoms with Gasteiger partial charge in [-0.1, -0.05) is 28.9 Å². The molecule has 0 amide bonds. The fourth-order valence-electron chi connectivity index (χ4n) is 2.45. The first-order valence-corrected chi connectivity index (χ1v) is 8.49. The smallest absolute Gasteiger partial charge is 0.342 e. The van der Waals surface area contributed by atoms with Crippen molar-refractivity contribution in [3.05, 3.63) is 52.8 Å². The Labute approximate surface area is 165 Å². The number of ether oxygens (including phenoxy) is 4. The summed E-state index contributed by atoms with van der Waals surface area (Å²) < 4.78 is 26.1. The number of carbonyl (C=O) groups is 1. The van der Waals surface area contributed by atoms with Crippen molar-refractivity contribution in [1.82, 2.24) is 10.1 Å². The molecule has 3 rings (SSSR count). The van der Waals surface area contributed by atoms with Crippen LogP contribution in [0.4, 0.5) is 0 Å². The molecule has 3 aromatic rings. The number of rotatable bonds is 7. The third-order valence-electron chi connectivity index (χ3n) is 3.83. The number of halogens is 1. The molecule has 0 atom stereocenters. The van der Waals surface area contributed by atoms with E-state index in [4.69, 9.17) is 35.1 Å². The van der Waals surface area contributed by atoms with E-state index in [1.807, 2.05) is 0 Å². The van der Waals surface area contributed by atoms with Crippen LogP contribution in [0, 0.1) is 0 Å². The van der Waals surface area contributed by atoms with Gasteiger partial charge >= 0.3 is 5.97 Å². The second-order valence-corrected chi connectivity index (χ2v) is 5.89. The molecule has 1 aromatic heterocycles. The van der Waals surface area contributed by atoms with Gasteiger partial charge in [-0.15, -0.1) is 0 Å². The standard InChI is InChI=1S/C19H17ClN2O6/c1-24-14-9-16(26-3)15(25-2)8-12(14)19(23)27-10-17-21-18(28-22-17)11-6-4-5-7-13(11)20/h4-9H,10H2,1-3H3. The number of nitrogens with zero attached hydrogens (tertiary/aromatic N) is 2. The van der Waals surface area contributed by atoms with Crippen molar-refractivity contribution in [2.45, 2.75) is 6.61 Å². The van der Waals surface area contributed by atoms with Crippen molar-refractivity contribution in [3.63, 3.8) is 0 Å². The van der Waals surface area contributed by atoms with Crippen LogP contribution < -0.4 is 14.2 Å². The lowest BCUT2D eigenvalue weighted by Gasteiger charge is -2.13. The van der Waals surface area contributed by atoms with Gasteiger partial charge in [-0.25, -0.2) is 4.79 Å². The van der Waals surface area contributed by atoms with Crippen molar-refractivity contribution in [2.75, 3.05) is 21.3 Å². The molecule has 28 heavy (non-hydrogen) atoms. The zero-order valence-electron chi connectivity index (χ0n) is 15.4. The number of esters is 1. The Morgan fingerprint density at radius 1 is 1.04 bits per heavy atom. The van der Waals surface area contributed by atoms with Crippen molar-refractivity contribution in [2.24, 2.45) is 0 Å². The fourth-order valence-corrected chi connectivity index (χ4v) is 2.67. The Morgan fingerprint density at radius 3 is 2.39 bits per heavy atom. The number of aromatic nitrogens is 2. The predicted molar refractivity (Wildman–Crippen MR) is 100.0 cm³/mol. The number of carbonyl (C=O) groups excluding carboxylic acids is 1. The van der Waals surface area contributed by atoms with Crippen molar-refractivity contribution in [3.8, 4) is 28.7 Å². The van der Waals surface area contributed by atoms with Gasteiger partial charge in [-0.3, -0.25) is 0 Å². The average Bonchev–Trinajstić information content (AvgIpc) is 3.20. The predicted octanol–water partition coefficient (Wildman–Crippen LogP) is 3.77. The SMILES string of the molecule is COc1cc(OC)c(C(=O)OCc2noc(-c3ccccc3Cl)n2)cc1OC. The summed E-state index contributed by atoms with van der Waals surface area (Å²) in [4.78, 5) is 16.7. The van der Waals surface area contributed by atoms with Gasteiger partial charge in [0.1, 0.15) is 11.3 Å². The summed E-state index contributed by atoms with van der Waals surface area (Å²) in [5.74, 6) is 0.881. The molecule has 0 spiro atoms. The van der Waals surface area contributed by atoms with E-state index in [1.54, 1.807) is 30.3 Å². The summed E-state index contributed by atoms with van der Waals surface area (Å²) in [5.41, 5.74) is 0.769. The molecule has 0 N–H and O–H groups in total. The molecule has 146 valence electrons. The molecule has 0 bridgehead atoms. The lowest BCUT2D eigenvalue weighted by Crippen LogP contribution is -2.09. The molecule has 0 fully saturated rings. The van der Waals surface area contributed by atoms with Gasteiger partial charge in [0.05, 0.1) is 31.9 Å². The van der Waals surface area contributed by atoms with Crippen LogP contribution in [0.15, 0.2) is 40.9 Å². The highest BCUT2D eigenvalue weighted by Crippen LogP contribution is 2.35. The van der Waals surface area contributed by atoms with E-state index in [-0.39, 0.29) is 29.6 Å². The molecule has 8 nitrogen and oxygen atoms in total. The lowest BCUT2D eigenvalue weighted by molar-refractivity contribution is 0.0455. The van der Waals surface area contributed by atoms with Crippen molar-refractivity contribution >= 4 is 17.6 Å². The van der Waals surface area contributed by atoms with Gasteiger partial charge in [-0.2, -0.15) is 4.98 Å². The quantitative estimate of drug-likeness (QED) is 0.549. The Morgan fingerprint density at radius 2 is 1.71 bits per heavy atom. The second kappa shape index (κ2) is 8.62. The van der Waals surface area contributed by atoms with E-state index >= 15 is 0 Å². The minimum Gasteiger partial charge on any atom is -0.496 e. The number of hydrogen-bond donors (Lipinski definition) is 0. The van der Waals surface area contributed by atoms with E-state index in [0.29, 0.717) is 22.1 Å². The van der Waals surface area contributed by atoms with Gasteiger partial charge in [0.15, 0.2) is 18.1 Å². The van der Waals surface area contributed by atoms with Crippen LogP contribution in [-0.4, -0.2) is 37.4 Å². The van der Waals surface area contributed by atoms with Crippen LogP contribution in [0.1, 0.15) is 16.2 Å². The highest BCUT2D eigenvalue weighted by molar-refractivity contribution is 6.33. The Kier molecular flexibility index (Phi) is 6.00. The average molecular weight is 405 g/mol. The summed E-state index contributed by atoms with van der Waals surface area (Å²) in [6.45, 7) is -0.190. The molecule has 0 saturated carbocycles. The molecule has 0 radical (unpaired) electrons. The zero-order valence-corrected chi connectivity index (χ0v) is 16.1. The van der Waals surface area contributed by atoms with Crippen LogP contribution >= 0.6 is 11.6 Å². The summed E-state index contributed by atoms with van der Waals surface area (Å²) in [6.07, 6.45) is 0. The molecule has 0 saturated heterocycles. The largest absolute Gasteiger partial charge is 0.496 e. The third-order valence-corrected chi connectivity index (χ3v) is 4.16. The molecular weight excluding hydrogens is 388 g/mol. The second-order valence-electron chi connectivity index (χ2n) is 5.48. The van der Waals surface area contributed by atoms with E-state index in [0.717, 1.165) is 0 Å². The Hall–Kier alpha value is -3.26. The minimum atomic E-state index is -0.637. The number of methoxy groups -OCH3 is 3. The summed E-state index contributed by atoms with van der Waals surface area (Å²) in [7, 11) is 4.39. The van der Waals surface area contributed by atoms with E-state index in [2.05, 4.69) is 10.1 Å². The first-order valence-electron chi connectivity index (χ1n) is 8.12. The monoisotopic (exact) mass is 404 g/mol. The number of benzene rings is 2. The molecule has 9 heteroatoms. The van der Waals surface area contributed by atoms with Gasteiger partial charge in [0.2, 0.25) is 5.82 Å². The maximum atomic E-state index is 12.5. The van der Waals surface area contributed by atoms with Crippen LogP contribution in [0.25, 0.3) is 11.5 Å². The summed E-state index contributed by atoms with van der Waals surface area (Å²) in [5, 5.41) is 4.28. The lowest BCUT2D eigenvalue weighted by atomic mass is 10.1. The summed E-state index contributed by atoms with van der Waals surface area (Å²) in [6, 6.07) is 10.1. The molecular formula is C19H17ClN2O6. The van der Waals surface area contributed by atoms with Gasteiger partial charge in [0, 0.05) is 12.1 Å². The van der Waals surface area contributed by atoms with Crippen LogP contribution in [0.2, 0.25) is 5.02 Å². The highest BCUT2D eigenvalue weighted by Gasteiger charge is 2.20. The summed E-state index contributed by atoms with van der Waals surface area (Å²) >= 11 is 6.11.